The predicted octanol–water partition coefficient (Wildman–Crippen LogP) is 2.25. The van der Waals surface area contributed by atoms with Gasteiger partial charge in [0.15, 0.2) is 0 Å². The molecule has 2 bridgehead atoms. The van der Waals surface area contributed by atoms with Crippen LogP contribution >= 0.6 is 12.6 Å². The van der Waals surface area contributed by atoms with E-state index in [1.807, 2.05) is 0 Å². The van der Waals surface area contributed by atoms with Gasteiger partial charge in [0.2, 0.25) is 10.0 Å². The molecule has 1 heterocycles. The molecule has 0 fully saturated rings. The van der Waals surface area contributed by atoms with E-state index < -0.39 is 15.9 Å². The Morgan fingerprint density at radius 2 is 2.17 bits per heavy atom. The number of nitrogens with one attached hydrogen (secondary N) is 2. The zero-order valence-electron chi connectivity index (χ0n) is 16.4. The summed E-state index contributed by atoms with van der Waals surface area (Å²) >= 11 is 4.33. The Hall–Kier alpha value is -2.46. The molecule has 0 radical (unpaired) electrons. The third kappa shape index (κ3) is 4.06. The second kappa shape index (κ2) is 7.66. The van der Waals surface area contributed by atoms with Crippen molar-refractivity contribution in [1.29, 1.82) is 0 Å². The average Bonchev–Trinajstić information content (AvgIpc) is 3.21. The first-order valence-electron chi connectivity index (χ1n) is 9.68. The topological polar surface area (TPSA) is 134 Å². The lowest BCUT2D eigenvalue weighted by Crippen LogP contribution is -2.41. The number of hydrogen-bond acceptors (Lipinski definition) is 6. The van der Waals surface area contributed by atoms with Crippen molar-refractivity contribution in [2.24, 2.45) is 28.5 Å². The maximum absolute atomic E-state index is 12.7. The van der Waals surface area contributed by atoms with Gasteiger partial charge in [-0.3, -0.25) is 9.52 Å². The van der Waals surface area contributed by atoms with E-state index >= 15 is 0 Å². The number of amidine groups is 1. The normalized spacial score (nSPS) is 26.6. The minimum Gasteiger partial charge on any atom is -0.511 e. The summed E-state index contributed by atoms with van der Waals surface area (Å²) < 4.78 is 25.1. The molecule has 1 aromatic rings. The van der Waals surface area contributed by atoms with Crippen LogP contribution < -0.4 is 15.8 Å². The quantitative estimate of drug-likeness (QED) is 0.208. The van der Waals surface area contributed by atoms with Crippen molar-refractivity contribution in [3.63, 3.8) is 0 Å². The molecule has 0 spiro atoms. The second-order valence-electron chi connectivity index (χ2n) is 8.03. The van der Waals surface area contributed by atoms with Gasteiger partial charge in [0, 0.05) is 23.5 Å². The molecule has 0 saturated carbocycles. The molecular weight excluding hydrogens is 424 g/mol. The van der Waals surface area contributed by atoms with Crippen LogP contribution in [-0.2, 0) is 14.8 Å². The van der Waals surface area contributed by atoms with Gasteiger partial charge in [0.25, 0.3) is 5.91 Å². The van der Waals surface area contributed by atoms with E-state index in [1.54, 1.807) is 0 Å². The number of carbonyl (C=O) groups excluding carboxylic acids is 1. The number of anilines is 1. The maximum Gasteiger partial charge on any atom is 0.258 e. The first-order valence-corrected chi connectivity index (χ1v) is 12.0. The molecule has 3 unspecified atom stereocenters. The molecular formula is C20H24N4O4S2. The van der Waals surface area contributed by atoms with E-state index in [-0.39, 0.29) is 23.1 Å². The van der Waals surface area contributed by atoms with Gasteiger partial charge >= 0.3 is 0 Å². The molecule has 1 aliphatic heterocycles. The Kier molecular flexibility index (Phi) is 5.31. The number of amides is 1. The van der Waals surface area contributed by atoms with Crippen LogP contribution in [0.5, 0.6) is 0 Å². The molecule has 4 rings (SSSR count). The summed E-state index contributed by atoms with van der Waals surface area (Å²) in [4.78, 5) is 17.3. The largest absolute Gasteiger partial charge is 0.511 e. The van der Waals surface area contributed by atoms with Gasteiger partial charge in [-0.25, -0.2) is 13.4 Å². The SMILES string of the molecule is CS(=O)(=O)Nc1ccc(N=C(N)C2=C(O)CC3C4=CC(CC4)C3CNC2=O)c(S)c1. The standard InChI is InChI=1S/C20H24N4O4S2/c1-30(27,28)24-12-4-5-15(17(29)7-12)23-19(21)18-16(25)8-13-10-2-3-11(6-10)14(13)9-22-20(18)26/h4-7,11,13-14,24-25,29H,2-3,8-9H2,1H3,(H2,21,23)(H,22,26). The Labute approximate surface area is 180 Å². The van der Waals surface area contributed by atoms with E-state index in [0.29, 0.717) is 41.1 Å². The van der Waals surface area contributed by atoms with Crippen molar-refractivity contribution in [2.75, 3.05) is 17.5 Å². The number of allylic oxidation sites excluding steroid dienone is 3. The first kappa shape index (κ1) is 20.8. The summed E-state index contributed by atoms with van der Waals surface area (Å²) in [6.45, 7) is 0.544. The Bertz CT molecular complexity index is 1110. The van der Waals surface area contributed by atoms with Gasteiger partial charge in [-0.05, 0) is 48.8 Å². The van der Waals surface area contributed by atoms with Gasteiger partial charge in [-0.2, -0.15) is 0 Å². The number of aliphatic hydroxyl groups excluding tert-OH is 1. The van der Waals surface area contributed by atoms with E-state index in [9.17, 15) is 18.3 Å². The fraction of sp³-hybridized carbons (Fsp3) is 0.400. The molecule has 3 atom stereocenters. The summed E-state index contributed by atoms with van der Waals surface area (Å²) in [6, 6.07) is 4.55. The van der Waals surface area contributed by atoms with Gasteiger partial charge < -0.3 is 16.2 Å². The highest BCUT2D eigenvalue weighted by Crippen LogP contribution is 2.49. The third-order valence-corrected chi connectivity index (χ3v) is 6.91. The molecule has 8 nitrogen and oxygen atoms in total. The number of sulfonamides is 1. The molecule has 5 N–H and O–H groups in total. The van der Waals surface area contributed by atoms with Crippen molar-refractivity contribution in [1.82, 2.24) is 5.32 Å². The van der Waals surface area contributed by atoms with Crippen LogP contribution in [0, 0.1) is 17.8 Å². The van der Waals surface area contributed by atoms with Gasteiger partial charge in [-0.15, -0.1) is 12.6 Å². The minimum absolute atomic E-state index is 0.0251. The van der Waals surface area contributed by atoms with Crippen LogP contribution in [0.25, 0.3) is 0 Å². The van der Waals surface area contributed by atoms with Gasteiger partial charge in [0.05, 0.1) is 11.9 Å². The van der Waals surface area contributed by atoms with Crippen molar-refractivity contribution in [3.8, 4) is 0 Å². The van der Waals surface area contributed by atoms with E-state index in [0.717, 1.165) is 19.1 Å². The molecule has 30 heavy (non-hydrogen) atoms. The number of rotatable bonds is 4. The third-order valence-electron chi connectivity index (χ3n) is 5.94. The number of carbonyl (C=O) groups is 1. The van der Waals surface area contributed by atoms with Crippen LogP contribution in [0.15, 0.2) is 51.1 Å². The number of aliphatic hydroxyl groups is 1. The summed E-state index contributed by atoms with van der Waals surface area (Å²) in [5, 5.41) is 13.6. The summed E-state index contributed by atoms with van der Waals surface area (Å²) in [5.41, 5.74) is 8.13. The maximum atomic E-state index is 12.7. The molecule has 1 aromatic carbocycles. The van der Waals surface area contributed by atoms with Crippen LogP contribution in [0.2, 0.25) is 0 Å². The van der Waals surface area contributed by atoms with Crippen molar-refractivity contribution in [3.05, 3.63) is 41.2 Å². The van der Waals surface area contributed by atoms with Crippen molar-refractivity contribution in [2.45, 2.75) is 24.2 Å². The Morgan fingerprint density at radius 3 is 2.87 bits per heavy atom. The molecule has 2 aliphatic carbocycles. The highest BCUT2D eigenvalue weighted by molar-refractivity contribution is 7.92. The number of aliphatic imine (C=N–C) groups is 1. The molecule has 0 aromatic heterocycles. The van der Waals surface area contributed by atoms with E-state index in [1.165, 1.54) is 23.8 Å². The fourth-order valence-corrected chi connectivity index (χ4v) is 5.48. The van der Waals surface area contributed by atoms with E-state index in [2.05, 4.69) is 33.7 Å². The monoisotopic (exact) mass is 448 g/mol. The number of hydrogen-bond donors (Lipinski definition) is 5. The average molecular weight is 449 g/mol. The van der Waals surface area contributed by atoms with Crippen LogP contribution in [0.3, 0.4) is 0 Å². The number of nitrogens with two attached hydrogens (primary N) is 1. The lowest BCUT2D eigenvalue weighted by Gasteiger charge is -2.33. The zero-order valence-corrected chi connectivity index (χ0v) is 18.1. The minimum atomic E-state index is -3.42. The fourth-order valence-electron chi connectivity index (χ4n) is 4.66. The first-order chi connectivity index (χ1) is 14.1. The van der Waals surface area contributed by atoms with Crippen LogP contribution in [0.1, 0.15) is 19.3 Å². The Balaban J connectivity index is 1.62. The Morgan fingerprint density at radius 1 is 1.40 bits per heavy atom. The van der Waals surface area contributed by atoms with Crippen molar-refractivity contribution >= 4 is 45.8 Å². The number of fused-ring (bicyclic) bond motifs is 4. The second-order valence-corrected chi connectivity index (χ2v) is 10.3. The van der Waals surface area contributed by atoms with Crippen LogP contribution in [-0.4, -0.2) is 38.1 Å². The van der Waals surface area contributed by atoms with Crippen molar-refractivity contribution < 1.29 is 18.3 Å². The highest BCUT2D eigenvalue weighted by atomic mass is 32.2. The highest BCUT2D eigenvalue weighted by Gasteiger charge is 2.43. The zero-order chi connectivity index (χ0) is 21.6. The molecule has 3 aliphatic rings. The summed E-state index contributed by atoms with van der Waals surface area (Å²) in [5.74, 6) is 0.382. The lowest BCUT2D eigenvalue weighted by molar-refractivity contribution is -0.117. The lowest BCUT2D eigenvalue weighted by atomic mass is 9.75. The predicted molar refractivity (Wildman–Crippen MR) is 119 cm³/mol. The molecule has 1 amide bonds. The number of nitrogens with zero attached hydrogens (tertiary/aromatic N) is 1. The number of benzene rings is 1. The van der Waals surface area contributed by atoms with E-state index in [4.69, 9.17) is 5.73 Å². The summed E-state index contributed by atoms with van der Waals surface area (Å²) in [6.07, 6.45) is 5.87. The smallest absolute Gasteiger partial charge is 0.258 e. The number of thiol groups is 1. The summed E-state index contributed by atoms with van der Waals surface area (Å²) in [7, 11) is -3.42. The van der Waals surface area contributed by atoms with Gasteiger partial charge in [-0.1, -0.05) is 11.6 Å². The van der Waals surface area contributed by atoms with Gasteiger partial charge in [0.1, 0.15) is 17.2 Å². The molecule has 10 heteroatoms. The molecule has 160 valence electrons. The molecule has 0 saturated heterocycles. The van der Waals surface area contributed by atoms with Crippen LogP contribution in [0.4, 0.5) is 11.4 Å².